The van der Waals surface area contributed by atoms with Crippen molar-refractivity contribution in [3.8, 4) is 11.8 Å². The van der Waals surface area contributed by atoms with E-state index < -0.39 is 5.82 Å². The van der Waals surface area contributed by atoms with Gasteiger partial charge in [0.2, 0.25) is 0 Å². The van der Waals surface area contributed by atoms with Crippen LogP contribution >= 0.6 is 11.6 Å². The minimum Gasteiger partial charge on any atom is -0.495 e. The van der Waals surface area contributed by atoms with Gasteiger partial charge in [0.25, 0.3) is 5.56 Å². The summed E-state index contributed by atoms with van der Waals surface area (Å²) in [5, 5.41) is 12.9. The van der Waals surface area contributed by atoms with Crippen LogP contribution in [0.15, 0.2) is 41.2 Å². The normalized spacial score (nSPS) is 11.8. The SMILES string of the molecule is COc1cc(N[C@@H](C)c2cc3cc(Cl)c(F)cc3[nH]c2=O)ccc1C#N. The van der Waals surface area contributed by atoms with Crippen LogP contribution in [0.1, 0.15) is 24.1 Å². The molecule has 1 heterocycles. The lowest BCUT2D eigenvalue weighted by molar-refractivity contribution is 0.413. The van der Waals surface area contributed by atoms with Crippen molar-refractivity contribution in [1.29, 1.82) is 5.26 Å². The average Bonchev–Trinajstić information content (AvgIpc) is 2.62. The Hall–Kier alpha value is -3.04. The van der Waals surface area contributed by atoms with Crippen LogP contribution in [0.2, 0.25) is 5.02 Å². The molecule has 0 bridgehead atoms. The monoisotopic (exact) mass is 371 g/mol. The summed E-state index contributed by atoms with van der Waals surface area (Å²) in [6.45, 7) is 1.83. The molecular formula is C19H15ClFN3O2. The first-order valence-electron chi connectivity index (χ1n) is 7.79. The Bertz CT molecular complexity index is 1090. The summed E-state index contributed by atoms with van der Waals surface area (Å²) in [5.74, 6) is -0.141. The zero-order chi connectivity index (χ0) is 18.8. The van der Waals surface area contributed by atoms with Gasteiger partial charge in [-0.2, -0.15) is 5.26 Å². The summed E-state index contributed by atoms with van der Waals surface area (Å²) in [5.41, 5.74) is 1.66. The molecular weight excluding hydrogens is 357 g/mol. The highest BCUT2D eigenvalue weighted by atomic mass is 35.5. The minimum absolute atomic E-state index is 0.00654. The van der Waals surface area contributed by atoms with Gasteiger partial charge in [0, 0.05) is 22.7 Å². The second kappa shape index (κ2) is 7.06. The number of methoxy groups -OCH3 is 1. The van der Waals surface area contributed by atoms with Crippen molar-refractivity contribution in [2.24, 2.45) is 0 Å². The van der Waals surface area contributed by atoms with Gasteiger partial charge < -0.3 is 15.0 Å². The maximum atomic E-state index is 13.6. The Morgan fingerprint density at radius 2 is 2.08 bits per heavy atom. The molecule has 2 N–H and O–H groups in total. The van der Waals surface area contributed by atoms with Crippen molar-refractivity contribution < 1.29 is 9.13 Å². The highest BCUT2D eigenvalue weighted by Crippen LogP contribution is 2.27. The summed E-state index contributed by atoms with van der Waals surface area (Å²) in [7, 11) is 1.49. The van der Waals surface area contributed by atoms with Crippen LogP contribution < -0.4 is 15.6 Å². The average molecular weight is 372 g/mol. The van der Waals surface area contributed by atoms with Crippen LogP contribution in [0.4, 0.5) is 10.1 Å². The number of halogens is 2. The second-order valence-electron chi connectivity index (χ2n) is 5.80. The summed E-state index contributed by atoms with van der Waals surface area (Å²) >= 11 is 5.83. The molecule has 0 radical (unpaired) electrons. The van der Waals surface area contributed by atoms with Crippen molar-refractivity contribution in [1.82, 2.24) is 4.98 Å². The Labute approximate surface area is 154 Å². The number of hydrogen-bond acceptors (Lipinski definition) is 4. The zero-order valence-electron chi connectivity index (χ0n) is 14.1. The third-order valence-electron chi connectivity index (χ3n) is 4.09. The number of anilines is 1. The van der Waals surface area contributed by atoms with Crippen molar-refractivity contribution >= 4 is 28.2 Å². The van der Waals surface area contributed by atoms with E-state index in [-0.39, 0.29) is 16.6 Å². The quantitative estimate of drug-likeness (QED) is 0.713. The van der Waals surface area contributed by atoms with E-state index in [2.05, 4.69) is 10.3 Å². The molecule has 0 spiro atoms. The fourth-order valence-corrected chi connectivity index (χ4v) is 2.91. The predicted molar refractivity (Wildman–Crippen MR) is 99.3 cm³/mol. The van der Waals surface area contributed by atoms with E-state index in [0.29, 0.717) is 33.5 Å². The summed E-state index contributed by atoms with van der Waals surface area (Å²) < 4.78 is 18.7. The van der Waals surface area contributed by atoms with Gasteiger partial charge in [0.1, 0.15) is 17.6 Å². The number of benzene rings is 2. The summed E-state index contributed by atoms with van der Waals surface area (Å²) in [6, 6.07) is 11.1. The van der Waals surface area contributed by atoms with Gasteiger partial charge in [0.15, 0.2) is 0 Å². The zero-order valence-corrected chi connectivity index (χ0v) is 14.8. The molecule has 26 heavy (non-hydrogen) atoms. The fourth-order valence-electron chi connectivity index (χ4n) is 2.74. The van der Waals surface area contributed by atoms with Crippen LogP contribution in [-0.4, -0.2) is 12.1 Å². The van der Waals surface area contributed by atoms with Crippen LogP contribution in [0, 0.1) is 17.1 Å². The number of nitrogens with zero attached hydrogens (tertiary/aromatic N) is 1. The predicted octanol–water partition coefficient (Wildman–Crippen LogP) is 4.37. The number of ether oxygens (including phenoxy) is 1. The van der Waals surface area contributed by atoms with E-state index in [4.69, 9.17) is 21.6 Å². The third kappa shape index (κ3) is 3.35. The lowest BCUT2D eigenvalue weighted by Gasteiger charge is -2.16. The molecule has 0 aliphatic carbocycles. The van der Waals surface area contributed by atoms with Crippen LogP contribution in [0.5, 0.6) is 5.75 Å². The number of fused-ring (bicyclic) bond motifs is 1. The first kappa shape index (κ1) is 17.8. The number of aromatic nitrogens is 1. The van der Waals surface area contributed by atoms with Crippen molar-refractivity contribution in [2.45, 2.75) is 13.0 Å². The Kier molecular flexibility index (Phi) is 4.83. The van der Waals surface area contributed by atoms with E-state index in [0.717, 1.165) is 0 Å². The topological polar surface area (TPSA) is 77.9 Å². The molecule has 3 aromatic rings. The minimum atomic E-state index is -0.585. The first-order chi connectivity index (χ1) is 12.4. The Morgan fingerprint density at radius 3 is 2.77 bits per heavy atom. The summed E-state index contributed by atoms with van der Waals surface area (Å²) in [4.78, 5) is 15.0. The molecule has 0 fully saturated rings. The van der Waals surface area contributed by atoms with Gasteiger partial charge in [-0.3, -0.25) is 4.79 Å². The maximum absolute atomic E-state index is 13.6. The standard InChI is InChI=1S/C19H15ClFN3O2/c1-10(23-13-4-3-11(9-22)18(7-13)26-2)14-5-12-6-15(20)16(21)8-17(12)24-19(14)25/h3-8,10,23H,1-2H3,(H,24,25)/t10-/m0/s1. The molecule has 3 rings (SSSR count). The van der Waals surface area contributed by atoms with E-state index in [1.807, 2.05) is 13.0 Å². The molecule has 0 unspecified atom stereocenters. The fraction of sp³-hybridized carbons (Fsp3) is 0.158. The van der Waals surface area contributed by atoms with E-state index in [1.54, 1.807) is 24.3 Å². The molecule has 1 atom stereocenters. The van der Waals surface area contributed by atoms with Crippen molar-refractivity contribution in [3.63, 3.8) is 0 Å². The number of H-pyrrole nitrogens is 1. The highest BCUT2D eigenvalue weighted by molar-refractivity contribution is 6.31. The lowest BCUT2D eigenvalue weighted by Crippen LogP contribution is -2.19. The Morgan fingerprint density at radius 1 is 1.31 bits per heavy atom. The molecule has 2 aromatic carbocycles. The molecule has 0 aliphatic heterocycles. The smallest absolute Gasteiger partial charge is 0.253 e. The van der Waals surface area contributed by atoms with Crippen molar-refractivity contribution in [3.05, 3.63) is 68.7 Å². The molecule has 7 heteroatoms. The van der Waals surface area contributed by atoms with Gasteiger partial charge in [-0.15, -0.1) is 0 Å². The number of nitriles is 1. The van der Waals surface area contributed by atoms with Gasteiger partial charge in [-0.05, 0) is 37.3 Å². The number of hydrogen-bond donors (Lipinski definition) is 2. The van der Waals surface area contributed by atoms with Crippen LogP contribution in [0.25, 0.3) is 10.9 Å². The molecule has 0 aliphatic rings. The van der Waals surface area contributed by atoms with Gasteiger partial charge in [0.05, 0.1) is 29.3 Å². The number of aromatic amines is 1. The summed E-state index contributed by atoms with van der Waals surface area (Å²) in [6.07, 6.45) is 0. The molecule has 0 saturated carbocycles. The molecule has 132 valence electrons. The number of nitrogens with one attached hydrogen (secondary N) is 2. The Balaban J connectivity index is 1.96. The lowest BCUT2D eigenvalue weighted by atomic mass is 10.1. The van der Waals surface area contributed by atoms with Gasteiger partial charge >= 0.3 is 0 Å². The second-order valence-corrected chi connectivity index (χ2v) is 6.21. The molecule has 5 nitrogen and oxygen atoms in total. The van der Waals surface area contributed by atoms with Crippen LogP contribution in [-0.2, 0) is 0 Å². The first-order valence-corrected chi connectivity index (χ1v) is 8.17. The van der Waals surface area contributed by atoms with E-state index in [1.165, 1.54) is 19.2 Å². The van der Waals surface area contributed by atoms with Crippen LogP contribution in [0.3, 0.4) is 0 Å². The van der Waals surface area contributed by atoms with Crippen molar-refractivity contribution in [2.75, 3.05) is 12.4 Å². The molecule has 0 saturated heterocycles. The highest BCUT2D eigenvalue weighted by Gasteiger charge is 2.14. The molecule has 1 aromatic heterocycles. The largest absolute Gasteiger partial charge is 0.495 e. The van der Waals surface area contributed by atoms with E-state index >= 15 is 0 Å². The van der Waals surface area contributed by atoms with Gasteiger partial charge in [-0.1, -0.05) is 11.6 Å². The van der Waals surface area contributed by atoms with Gasteiger partial charge in [-0.25, -0.2) is 4.39 Å². The molecule has 0 amide bonds. The number of rotatable bonds is 4. The maximum Gasteiger partial charge on any atom is 0.253 e. The third-order valence-corrected chi connectivity index (χ3v) is 4.38. The van der Waals surface area contributed by atoms with E-state index in [9.17, 15) is 9.18 Å². The number of pyridine rings is 1.